The van der Waals surface area contributed by atoms with E-state index in [2.05, 4.69) is 5.32 Å². The topological polar surface area (TPSA) is 79.6 Å². The van der Waals surface area contributed by atoms with Gasteiger partial charge in [-0.05, 0) is 29.7 Å². The highest BCUT2D eigenvalue weighted by molar-refractivity contribution is 6.26. The number of furan rings is 1. The number of amides is 3. The van der Waals surface area contributed by atoms with Gasteiger partial charge in [0.2, 0.25) is 5.91 Å². The van der Waals surface area contributed by atoms with Crippen LogP contribution in [0.15, 0.2) is 59.2 Å². The number of rotatable bonds is 4. The lowest BCUT2D eigenvalue weighted by atomic mass is 9.94. The predicted molar refractivity (Wildman–Crippen MR) is 89.9 cm³/mol. The van der Waals surface area contributed by atoms with Crippen molar-refractivity contribution >= 4 is 28.5 Å². The monoisotopic (exact) mass is 334 g/mol. The van der Waals surface area contributed by atoms with Crippen LogP contribution >= 0.6 is 0 Å². The van der Waals surface area contributed by atoms with Crippen molar-refractivity contribution in [3.05, 3.63) is 71.7 Å². The number of benzene rings is 2. The van der Waals surface area contributed by atoms with Crippen LogP contribution < -0.4 is 5.32 Å². The Morgan fingerprint density at radius 1 is 0.960 bits per heavy atom. The summed E-state index contributed by atoms with van der Waals surface area (Å²) in [7, 11) is 0. The van der Waals surface area contributed by atoms with E-state index in [1.165, 1.54) is 6.26 Å². The molecular formula is C19H14N2O4. The molecule has 0 atom stereocenters. The molecule has 6 heteroatoms. The Balaban J connectivity index is 1.58. The van der Waals surface area contributed by atoms with Crippen LogP contribution in [0.4, 0.5) is 0 Å². The van der Waals surface area contributed by atoms with Crippen LogP contribution in [0.1, 0.15) is 26.5 Å². The molecule has 0 aliphatic carbocycles. The molecule has 0 saturated carbocycles. The third-order valence-electron chi connectivity index (χ3n) is 4.20. The summed E-state index contributed by atoms with van der Waals surface area (Å²) in [6.07, 6.45) is 1.51. The van der Waals surface area contributed by atoms with Gasteiger partial charge in [0.1, 0.15) is 12.3 Å². The van der Waals surface area contributed by atoms with Gasteiger partial charge in [-0.1, -0.05) is 24.3 Å². The fraction of sp³-hybridized carbons (Fsp3) is 0.105. The summed E-state index contributed by atoms with van der Waals surface area (Å²) in [4.78, 5) is 38.5. The molecule has 1 N–H and O–H groups in total. The smallest absolute Gasteiger partial charge is 0.261 e. The quantitative estimate of drug-likeness (QED) is 0.743. The largest absolute Gasteiger partial charge is 0.467 e. The van der Waals surface area contributed by atoms with Crippen LogP contribution in [0, 0.1) is 0 Å². The summed E-state index contributed by atoms with van der Waals surface area (Å²) in [5.74, 6) is -0.741. The van der Waals surface area contributed by atoms with Gasteiger partial charge in [0.15, 0.2) is 0 Å². The molecule has 25 heavy (non-hydrogen) atoms. The maximum atomic E-state index is 12.7. The summed E-state index contributed by atoms with van der Waals surface area (Å²) in [6, 6.07) is 14.0. The zero-order chi connectivity index (χ0) is 17.4. The lowest BCUT2D eigenvalue weighted by Crippen LogP contribution is -2.46. The zero-order valence-corrected chi connectivity index (χ0v) is 13.2. The molecule has 4 rings (SSSR count). The summed E-state index contributed by atoms with van der Waals surface area (Å²) in [6.45, 7) is -0.128. The second-order valence-electron chi connectivity index (χ2n) is 5.76. The molecule has 0 spiro atoms. The summed E-state index contributed by atoms with van der Waals surface area (Å²) in [5.41, 5.74) is 0.873. The molecule has 3 amide bonds. The molecule has 1 aliphatic rings. The first-order valence-corrected chi connectivity index (χ1v) is 7.82. The first-order chi connectivity index (χ1) is 12.1. The summed E-state index contributed by atoms with van der Waals surface area (Å²) >= 11 is 0. The van der Waals surface area contributed by atoms with Crippen molar-refractivity contribution in [1.82, 2.24) is 10.2 Å². The second-order valence-corrected chi connectivity index (χ2v) is 5.76. The molecule has 1 aliphatic heterocycles. The Morgan fingerprint density at radius 3 is 2.24 bits per heavy atom. The van der Waals surface area contributed by atoms with Gasteiger partial charge in [0.05, 0.1) is 12.8 Å². The van der Waals surface area contributed by atoms with E-state index >= 15 is 0 Å². The minimum Gasteiger partial charge on any atom is -0.467 e. The molecular weight excluding hydrogens is 320 g/mol. The highest BCUT2D eigenvalue weighted by Gasteiger charge is 2.33. The van der Waals surface area contributed by atoms with Crippen LogP contribution in [0.3, 0.4) is 0 Å². The van der Waals surface area contributed by atoms with Gasteiger partial charge in [-0.15, -0.1) is 0 Å². The van der Waals surface area contributed by atoms with Crippen molar-refractivity contribution in [3.63, 3.8) is 0 Å². The van der Waals surface area contributed by atoms with Crippen molar-refractivity contribution in [1.29, 1.82) is 0 Å². The standard InChI is InChI=1S/C19H14N2O4/c22-16(20-10-13-6-3-9-25-13)11-21-18(23)14-7-1-4-12-5-2-8-15(17(12)14)19(21)24/h1-9H,10-11H2,(H,20,22). The second kappa shape index (κ2) is 5.90. The molecule has 0 bridgehead atoms. The number of carbonyl (C=O) groups is 3. The molecule has 0 radical (unpaired) electrons. The highest BCUT2D eigenvalue weighted by Crippen LogP contribution is 2.29. The maximum absolute atomic E-state index is 12.7. The van der Waals surface area contributed by atoms with E-state index in [1.807, 2.05) is 12.1 Å². The van der Waals surface area contributed by atoms with Gasteiger partial charge in [-0.2, -0.15) is 0 Å². The number of hydrogen-bond acceptors (Lipinski definition) is 4. The van der Waals surface area contributed by atoms with Crippen molar-refractivity contribution < 1.29 is 18.8 Å². The molecule has 124 valence electrons. The Hall–Kier alpha value is -3.41. The Kier molecular flexibility index (Phi) is 3.57. The van der Waals surface area contributed by atoms with E-state index in [4.69, 9.17) is 4.42 Å². The highest BCUT2D eigenvalue weighted by atomic mass is 16.3. The third-order valence-corrected chi connectivity index (χ3v) is 4.20. The average Bonchev–Trinajstić information content (AvgIpc) is 3.15. The third kappa shape index (κ3) is 2.57. The normalized spacial score (nSPS) is 13.4. The Bertz CT molecular complexity index is 941. The fourth-order valence-corrected chi connectivity index (χ4v) is 3.02. The van der Waals surface area contributed by atoms with Crippen molar-refractivity contribution in [3.8, 4) is 0 Å². The van der Waals surface area contributed by atoms with Gasteiger partial charge >= 0.3 is 0 Å². The first kappa shape index (κ1) is 15.1. The Morgan fingerprint density at radius 2 is 1.64 bits per heavy atom. The van der Waals surface area contributed by atoms with E-state index in [9.17, 15) is 14.4 Å². The maximum Gasteiger partial charge on any atom is 0.261 e. The molecule has 2 aromatic carbocycles. The SMILES string of the molecule is O=C(CN1C(=O)c2cccc3cccc(c23)C1=O)NCc1ccco1. The van der Waals surface area contributed by atoms with E-state index in [0.717, 1.165) is 10.3 Å². The van der Waals surface area contributed by atoms with E-state index in [-0.39, 0.29) is 13.1 Å². The number of nitrogens with zero attached hydrogens (tertiary/aromatic N) is 1. The molecule has 2 heterocycles. The van der Waals surface area contributed by atoms with Gasteiger partial charge in [-0.25, -0.2) is 0 Å². The van der Waals surface area contributed by atoms with Crippen LogP contribution in [0.2, 0.25) is 0 Å². The van der Waals surface area contributed by atoms with Crippen LogP contribution in [0.25, 0.3) is 10.8 Å². The van der Waals surface area contributed by atoms with E-state index < -0.39 is 17.7 Å². The van der Waals surface area contributed by atoms with Crippen molar-refractivity contribution in [2.45, 2.75) is 6.54 Å². The molecule has 1 aromatic heterocycles. The van der Waals surface area contributed by atoms with Crippen LogP contribution in [-0.2, 0) is 11.3 Å². The number of nitrogens with one attached hydrogen (secondary N) is 1. The lowest BCUT2D eigenvalue weighted by Gasteiger charge is -2.26. The molecule has 0 unspecified atom stereocenters. The number of carbonyl (C=O) groups excluding carboxylic acids is 3. The lowest BCUT2D eigenvalue weighted by molar-refractivity contribution is -0.121. The van der Waals surface area contributed by atoms with E-state index in [0.29, 0.717) is 22.3 Å². The van der Waals surface area contributed by atoms with E-state index in [1.54, 1.807) is 36.4 Å². The fourth-order valence-electron chi connectivity index (χ4n) is 3.02. The summed E-state index contributed by atoms with van der Waals surface area (Å²) < 4.78 is 5.14. The predicted octanol–water partition coefficient (Wildman–Crippen LogP) is 2.35. The van der Waals surface area contributed by atoms with Gasteiger partial charge in [0.25, 0.3) is 11.8 Å². The average molecular weight is 334 g/mol. The van der Waals surface area contributed by atoms with Crippen molar-refractivity contribution in [2.24, 2.45) is 0 Å². The Labute approximate surface area is 143 Å². The van der Waals surface area contributed by atoms with Gasteiger partial charge < -0.3 is 9.73 Å². The molecule has 0 fully saturated rings. The first-order valence-electron chi connectivity index (χ1n) is 7.82. The number of hydrogen-bond donors (Lipinski definition) is 1. The minimum absolute atomic E-state index is 0.203. The molecule has 3 aromatic rings. The number of imide groups is 1. The molecule has 0 saturated heterocycles. The van der Waals surface area contributed by atoms with Crippen LogP contribution in [0.5, 0.6) is 0 Å². The van der Waals surface area contributed by atoms with Gasteiger partial charge in [-0.3, -0.25) is 19.3 Å². The van der Waals surface area contributed by atoms with Crippen LogP contribution in [-0.4, -0.2) is 29.2 Å². The van der Waals surface area contributed by atoms with Gasteiger partial charge in [0, 0.05) is 16.5 Å². The van der Waals surface area contributed by atoms with Crippen molar-refractivity contribution in [2.75, 3.05) is 6.54 Å². The summed E-state index contributed by atoms with van der Waals surface area (Å²) in [5, 5.41) is 4.12. The molecule has 6 nitrogen and oxygen atoms in total. The zero-order valence-electron chi connectivity index (χ0n) is 13.2. The minimum atomic E-state index is -0.456.